The molecule has 6 heteroatoms. The molecule has 0 saturated heterocycles. The van der Waals surface area contributed by atoms with E-state index in [0.717, 1.165) is 22.6 Å². The van der Waals surface area contributed by atoms with Crippen molar-refractivity contribution in [1.29, 1.82) is 0 Å². The molecule has 164 valence electrons. The van der Waals surface area contributed by atoms with Gasteiger partial charge in [0.1, 0.15) is 5.75 Å². The number of likely N-dealkylation sites (N-methyl/N-ethyl adjacent to an activating group) is 1. The first-order valence-corrected chi connectivity index (χ1v) is 11.4. The Balaban J connectivity index is 1.56. The van der Waals surface area contributed by atoms with Crippen molar-refractivity contribution in [2.75, 3.05) is 20.7 Å². The Bertz CT molecular complexity index is 921. The molecule has 0 aromatic heterocycles. The summed E-state index contributed by atoms with van der Waals surface area (Å²) in [4.78, 5) is 15.6. The molecule has 5 nitrogen and oxygen atoms in total. The van der Waals surface area contributed by atoms with Crippen LogP contribution in [0.3, 0.4) is 0 Å². The number of amides is 1. The molecule has 0 bridgehead atoms. The van der Waals surface area contributed by atoms with Crippen LogP contribution in [0.2, 0.25) is 5.02 Å². The summed E-state index contributed by atoms with van der Waals surface area (Å²) in [5.41, 5.74) is 2.97. The zero-order valence-corrected chi connectivity index (χ0v) is 19.0. The standard InChI is InChI=1S/C25H30ClN3O2/c1-28(21-6-4-3-5-7-21)17-25(30)29-24(19-8-12-20(26)13-9-19)16-23(27-29)18-10-14-22(31-2)15-11-18/h8-15,21,24H,3-7,16-17H2,1-2H3. The molecule has 2 aliphatic rings. The second-order valence-corrected chi connectivity index (χ2v) is 8.93. The lowest BCUT2D eigenvalue weighted by molar-refractivity contribution is -0.134. The Morgan fingerprint density at radius 2 is 1.77 bits per heavy atom. The van der Waals surface area contributed by atoms with Crippen molar-refractivity contribution in [1.82, 2.24) is 9.91 Å². The van der Waals surface area contributed by atoms with Crippen LogP contribution in [0.5, 0.6) is 5.75 Å². The largest absolute Gasteiger partial charge is 0.497 e. The molecule has 2 aromatic carbocycles. The van der Waals surface area contributed by atoms with Gasteiger partial charge in [0, 0.05) is 17.5 Å². The van der Waals surface area contributed by atoms with Gasteiger partial charge in [-0.1, -0.05) is 43.0 Å². The second kappa shape index (κ2) is 9.84. The van der Waals surface area contributed by atoms with E-state index in [1.54, 1.807) is 12.1 Å². The topological polar surface area (TPSA) is 45.1 Å². The minimum Gasteiger partial charge on any atom is -0.497 e. The molecule has 1 fully saturated rings. The fraction of sp³-hybridized carbons (Fsp3) is 0.440. The van der Waals surface area contributed by atoms with Gasteiger partial charge in [0.2, 0.25) is 0 Å². The van der Waals surface area contributed by atoms with Gasteiger partial charge in [0.15, 0.2) is 0 Å². The summed E-state index contributed by atoms with van der Waals surface area (Å²) >= 11 is 6.10. The van der Waals surface area contributed by atoms with Crippen molar-refractivity contribution in [3.05, 3.63) is 64.7 Å². The van der Waals surface area contributed by atoms with E-state index in [1.807, 2.05) is 48.5 Å². The molecule has 1 aliphatic carbocycles. The summed E-state index contributed by atoms with van der Waals surface area (Å²) in [5, 5.41) is 7.16. The monoisotopic (exact) mass is 439 g/mol. The number of hydrazone groups is 1. The Morgan fingerprint density at radius 1 is 1.10 bits per heavy atom. The van der Waals surface area contributed by atoms with Crippen molar-refractivity contribution in [2.45, 2.75) is 50.6 Å². The van der Waals surface area contributed by atoms with Gasteiger partial charge in [-0.15, -0.1) is 0 Å². The smallest absolute Gasteiger partial charge is 0.257 e. The van der Waals surface area contributed by atoms with Crippen molar-refractivity contribution < 1.29 is 9.53 Å². The van der Waals surface area contributed by atoms with Gasteiger partial charge in [-0.2, -0.15) is 5.10 Å². The zero-order chi connectivity index (χ0) is 21.8. The van der Waals surface area contributed by atoms with Crippen molar-refractivity contribution >= 4 is 23.2 Å². The summed E-state index contributed by atoms with van der Waals surface area (Å²) in [7, 11) is 3.72. The number of methoxy groups -OCH3 is 1. The van der Waals surface area contributed by atoms with E-state index < -0.39 is 0 Å². The predicted molar refractivity (Wildman–Crippen MR) is 125 cm³/mol. The van der Waals surface area contributed by atoms with E-state index in [1.165, 1.54) is 32.1 Å². The second-order valence-electron chi connectivity index (χ2n) is 8.49. The van der Waals surface area contributed by atoms with E-state index in [0.29, 0.717) is 24.0 Å². The molecule has 1 aliphatic heterocycles. The number of halogens is 1. The molecule has 0 N–H and O–H groups in total. The van der Waals surface area contributed by atoms with Gasteiger partial charge in [0.25, 0.3) is 5.91 Å². The van der Waals surface area contributed by atoms with Gasteiger partial charge in [0.05, 0.1) is 25.4 Å². The molecular weight excluding hydrogens is 410 g/mol. The number of carbonyl (C=O) groups excluding carboxylic acids is 1. The number of rotatable bonds is 6. The minimum absolute atomic E-state index is 0.0385. The summed E-state index contributed by atoms with van der Waals surface area (Å²) in [6.07, 6.45) is 6.82. The molecule has 0 radical (unpaired) electrons. The number of benzene rings is 2. The number of ether oxygens (including phenoxy) is 1. The maximum Gasteiger partial charge on any atom is 0.257 e. The predicted octanol–water partition coefficient (Wildman–Crippen LogP) is 5.29. The zero-order valence-electron chi connectivity index (χ0n) is 18.3. The highest BCUT2D eigenvalue weighted by Crippen LogP contribution is 2.34. The van der Waals surface area contributed by atoms with Crippen molar-refractivity contribution in [3.63, 3.8) is 0 Å². The molecule has 0 spiro atoms. The van der Waals surface area contributed by atoms with Crippen LogP contribution in [0.1, 0.15) is 55.7 Å². The SMILES string of the molecule is COc1ccc(C2=NN(C(=O)CN(C)C3CCCCC3)C(c3ccc(Cl)cc3)C2)cc1. The molecule has 31 heavy (non-hydrogen) atoms. The molecule has 1 unspecified atom stereocenters. The molecule has 1 atom stereocenters. The maximum atomic E-state index is 13.4. The third-order valence-electron chi connectivity index (χ3n) is 6.43. The van der Waals surface area contributed by atoms with Crippen LogP contribution >= 0.6 is 11.6 Å². The van der Waals surface area contributed by atoms with Crippen LogP contribution in [0.25, 0.3) is 0 Å². The average molecular weight is 440 g/mol. The highest BCUT2D eigenvalue weighted by Gasteiger charge is 2.34. The van der Waals surface area contributed by atoms with Crippen LogP contribution in [-0.2, 0) is 4.79 Å². The highest BCUT2D eigenvalue weighted by atomic mass is 35.5. The van der Waals surface area contributed by atoms with E-state index in [2.05, 4.69) is 11.9 Å². The third kappa shape index (κ3) is 5.10. The lowest BCUT2D eigenvalue weighted by Gasteiger charge is -2.32. The van der Waals surface area contributed by atoms with Gasteiger partial charge >= 0.3 is 0 Å². The number of carbonyl (C=O) groups is 1. The molecule has 1 saturated carbocycles. The molecule has 1 heterocycles. The first-order valence-electron chi connectivity index (χ1n) is 11.0. The molecular formula is C25H30ClN3O2. The number of nitrogens with zero attached hydrogens (tertiary/aromatic N) is 3. The van der Waals surface area contributed by atoms with Crippen LogP contribution in [0, 0.1) is 0 Å². The van der Waals surface area contributed by atoms with Crippen LogP contribution < -0.4 is 4.74 Å². The molecule has 4 rings (SSSR count). The van der Waals surface area contributed by atoms with Gasteiger partial charge in [-0.3, -0.25) is 9.69 Å². The quantitative estimate of drug-likeness (QED) is 0.614. The fourth-order valence-corrected chi connectivity index (χ4v) is 4.71. The summed E-state index contributed by atoms with van der Waals surface area (Å²) in [5.74, 6) is 0.843. The summed E-state index contributed by atoms with van der Waals surface area (Å²) < 4.78 is 5.27. The van der Waals surface area contributed by atoms with Gasteiger partial charge in [-0.05, 0) is 67.4 Å². The van der Waals surface area contributed by atoms with Gasteiger partial charge < -0.3 is 4.74 Å². The van der Waals surface area contributed by atoms with Gasteiger partial charge in [-0.25, -0.2) is 5.01 Å². The van der Waals surface area contributed by atoms with Crippen molar-refractivity contribution in [3.8, 4) is 5.75 Å². The fourth-order valence-electron chi connectivity index (χ4n) is 4.58. The average Bonchev–Trinajstić information content (AvgIpc) is 3.26. The Morgan fingerprint density at radius 3 is 2.42 bits per heavy atom. The van der Waals surface area contributed by atoms with E-state index in [-0.39, 0.29) is 11.9 Å². The summed E-state index contributed by atoms with van der Waals surface area (Å²) in [6, 6.07) is 15.9. The van der Waals surface area contributed by atoms with E-state index >= 15 is 0 Å². The highest BCUT2D eigenvalue weighted by molar-refractivity contribution is 6.30. The van der Waals surface area contributed by atoms with Crippen LogP contribution in [0.15, 0.2) is 53.6 Å². The Labute approximate surface area is 189 Å². The number of hydrogen-bond acceptors (Lipinski definition) is 4. The first-order chi connectivity index (χ1) is 15.0. The van der Waals surface area contributed by atoms with Crippen LogP contribution in [0.4, 0.5) is 0 Å². The molecule has 2 aromatic rings. The van der Waals surface area contributed by atoms with Crippen LogP contribution in [-0.4, -0.2) is 48.3 Å². The number of hydrogen-bond donors (Lipinski definition) is 0. The lowest BCUT2D eigenvalue weighted by Crippen LogP contribution is -2.41. The maximum absolute atomic E-state index is 13.4. The first kappa shape index (κ1) is 21.8. The minimum atomic E-state index is -0.123. The third-order valence-corrected chi connectivity index (χ3v) is 6.68. The van der Waals surface area contributed by atoms with E-state index in [9.17, 15) is 4.79 Å². The Hall–Kier alpha value is -2.37. The summed E-state index contributed by atoms with van der Waals surface area (Å²) in [6.45, 7) is 0.383. The molecule has 1 amide bonds. The van der Waals surface area contributed by atoms with Crippen molar-refractivity contribution in [2.24, 2.45) is 5.10 Å². The van der Waals surface area contributed by atoms with E-state index in [4.69, 9.17) is 21.4 Å². The Kier molecular flexibility index (Phi) is 6.93. The normalized spacial score (nSPS) is 19.5. The lowest BCUT2D eigenvalue weighted by atomic mass is 9.94.